The molecule has 0 heterocycles. The molecule has 0 unspecified atom stereocenters. The molecule has 0 aliphatic rings. The van der Waals surface area contributed by atoms with E-state index in [0.717, 1.165) is 15.9 Å². The molecule has 0 aliphatic carbocycles. The van der Waals surface area contributed by atoms with Gasteiger partial charge in [-0.2, -0.15) is 0 Å². The fraction of sp³-hybridized carbons (Fsp3) is 0.103. The van der Waals surface area contributed by atoms with E-state index in [1.165, 1.54) is 7.11 Å². The second-order valence-electron chi connectivity index (χ2n) is 7.91. The summed E-state index contributed by atoms with van der Waals surface area (Å²) in [5.41, 5.74) is 0.500. The van der Waals surface area contributed by atoms with Crippen LogP contribution < -0.4 is 38.2 Å². The van der Waals surface area contributed by atoms with Gasteiger partial charge in [0.05, 0.1) is 7.11 Å². The first-order valence-electron chi connectivity index (χ1n) is 11.1. The van der Waals surface area contributed by atoms with Crippen LogP contribution in [0.4, 0.5) is 0 Å². The highest BCUT2D eigenvalue weighted by atomic mass is 79.9. The predicted molar refractivity (Wildman–Crippen MR) is 140 cm³/mol. The molecule has 0 bridgehead atoms. The van der Waals surface area contributed by atoms with Crippen LogP contribution in [0, 0.1) is 0 Å². The van der Waals surface area contributed by atoms with E-state index in [2.05, 4.69) is 41.7 Å². The number of hydrogen-bond donors (Lipinski definition) is 1. The van der Waals surface area contributed by atoms with Crippen molar-refractivity contribution in [2.45, 2.75) is 6.04 Å². The number of halogens is 1. The highest BCUT2D eigenvalue weighted by molar-refractivity contribution is 7.95. The Morgan fingerprint density at radius 2 is 1.06 bits per heavy atom. The molecule has 1 atom stereocenters. The highest BCUT2D eigenvalue weighted by Crippen LogP contribution is 2.55. The fourth-order valence-electron chi connectivity index (χ4n) is 4.24. The third-order valence-electron chi connectivity index (χ3n) is 5.87. The zero-order chi connectivity index (χ0) is 23.8. The summed E-state index contributed by atoms with van der Waals surface area (Å²) in [5, 5.41) is 6.37. The first-order chi connectivity index (χ1) is 16.6. The van der Waals surface area contributed by atoms with E-state index >= 15 is 0 Å². The molecule has 0 saturated carbocycles. The number of ether oxygens (including phenoxy) is 1. The van der Waals surface area contributed by atoms with Crippen molar-refractivity contribution in [3.05, 3.63) is 127 Å². The van der Waals surface area contributed by atoms with E-state index in [-0.39, 0.29) is 22.9 Å². The van der Waals surface area contributed by atoms with Gasteiger partial charge >= 0.3 is 5.97 Å². The van der Waals surface area contributed by atoms with Crippen molar-refractivity contribution in [1.29, 1.82) is 0 Å². The molecule has 0 spiro atoms. The van der Waals surface area contributed by atoms with E-state index in [4.69, 9.17) is 4.74 Å². The molecule has 4 aromatic rings. The van der Waals surface area contributed by atoms with Gasteiger partial charge in [0.1, 0.15) is 29.3 Å². The van der Waals surface area contributed by atoms with Crippen LogP contribution in [-0.4, -0.2) is 31.2 Å². The number of methoxy groups -OCH3 is 1. The Morgan fingerprint density at radius 3 is 1.43 bits per heavy atom. The van der Waals surface area contributed by atoms with Crippen molar-refractivity contribution >= 4 is 35.1 Å². The average Bonchev–Trinajstić information content (AvgIpc) is 2.92. The molecule has 4 aromatic carbocycles. The standard InChI is InChI=1S/C29H26NO3P.BrH/c1-33-29(32)27(30-28(31)23-14-6-2-7-15-23)22-34(24-16-8-3-9-17-24,25-18-10-4-11-19-25)26-20-12-5-13-21-26;/h2-21,27H,22H2,1H3;1H/t27-;/m1./s1. The largest absolute Gasteiger partial charge is 1.00 e. The van der Waals surface area contributed by atoms with E-state index in [1.54, 1.807) is 24.3 Å². The Bertz CT molecular complexity index is 1130. The average molecular weight is 548 g/mol. The zero-order valence-electron chi connectivity index (χ0n) is 19.4. The maximum absolute atomic E-state index is 13.1. The molecule has 0 fully saturated rings. The Labute approximate surface area is 217 Å². The number of carbonyl (C=O) groups excluding carboxylic acids is 2. The van der Waals surface area contributed by atoms with Gasteiger partial charge < -0.3 is 27.0 Å². The van der Waals surface area contributed by atoms with Gasteiger partial charge in [-0.3, -0.25) is 4.79 Å². The first-order valence-corrected chi connectivity index (χ1v) is 13.1. The Kier molecular flexibility index (Phi) is 9.36. The third-order valence-corrected chi connectivity index (χ3v) is 10.3. The molecule has 4 nitrogen and oxygen atoms in total. The van der Waals surface area contributed by atoms with Gasteiger partial charge in [-0.25, -0.2) is 4.79 Å². The van der Waals surface area contributed by atoms with Gasteiger partial charge in [-0.15, -0.1) is 0 Å². The van der Waals surface area contributed by atoms with Crippen molar-refractivity contribution in [2.24, 2.45) is 0 Å². The van der Waals surface area contributed by atoms with Gasteiger partial charge in [0.15, 0.2) is 6.04 Å². The van der Waals surface area contributed by atoms with Crippen LogP contribution in [0.1, 0.15) is 10.4 Å². The number of hydrogen-bond acceptors (Lipinski definition) is 3. The van der Waals surface area contributed by atoms with Crippen LogP contribution in [0.15, 0.2) is 121 Å². The van der Waals surface area contributed by atoms with Gasteiger partial charge in [-0.1, -0.05) is 72.8 Å². The number of benzene rings is 4. The van der Waals surface area contributed by atoms with E-state index < -0.39 is 19.3 Å². The summed E-state index contributed by atoms with van der Waals surface area (Å²) >= 11 is 0. The molecule has 0 radical (unpaired) electrons. The van der Waals surface area contributed by atoms with Crippen LogP contribution in [0.25, 0.3) is 0 Å². The molecule has 178 valence electrons. The molecular weight excluding hydrogens is 521 g/mol. The third kappa shape index (κ3) is 5.87. The van der Waals surface area contributed by atoms with Gasteiger partial charge in [-0.05, 0) is 48.5 Å². The Balaban J connectivity index is 0.00000342. The lowest BCUT2D eigenvalue weighted by molar-refractivity contribution is -0.142. The SMILES string of the molecule is COC(=O)[C@@H](C[P+](c1ccccc1)(c1ccccc1)c1ccccc1)NC(=O)c1ccccc1.[Br-]. The lowest BCUT2D eigenvalue weighted by atomic mass is 10.2. The topological polar surface area (TPSA) is 55.4 Å². The van der Waals surface area contributed by atoms with Crippen LogP contribution in [0.5, 0.6) is 0 Å². The molecule has 0 aromatic heterocycles. The summed E-state index contributed by atoms with van der Waals surface area (Å²) in [6.45, 7) is 0. The predicted octanol–water partition coefficient (Wildman–Crippen LogP) is 0.956. The minimum Gasteiger partial charge on any atom is -1.00 e. The molecule has 4 rings (SSSR count). The maximum atomic E-state index is 13.1. The second kappa shape index (κ2) is 12.4. The second-order valence-corrected chi connectivity index (χ2v) is 11.4. The van der Waals surface area contributed by atoms with Crippen LogP contribution in [-0.2, 0) is 9.53 Å². The minimum atomic E-state index is -2.34. The van der Waals surface area contributed by atoms with E-state index in [1.807, 2.05) is 60.7 Å². The molecule has 35 heavy (non-hydrogen) atoms. The van der Waals surface area contributed by atoms with Crippen molar-refractivity contribution in [3.8, 4) is 0 Å². The van der Waals surface area contributed by atoms with Crippen LogP contribution >= 0.6 is 7.26 Å². The highest BCUT2D eigenvalue weighted by Gasteiger charge is 2.49. The summed E-state index contributed by atoms with van der Waals surface area (Å²) < 4.78 is 5.17. The smallest absolute Gasteiger partial charge is 0.332 e. The quantitative estimate of drug-likeness (QED) is 0.264. The van der Waals surface area contributed by atoms with E-state index in [0.29, 0.717) is 11.7 Å². The summed E-state index contributed by atoms with van der Waals surface area (Å²) in [6.07, 6.45) is 0.399. The first kappa shape index (κ1) is 26.3. The van der Waals surface area contributed by atoms with Gasteiger partial charge in [0.2, 0.25) is 0 Å². The van der Waals surface area contributed by atoms with Crippen molar-refractivity contribution in [1.82, 2.24) is 5.32 Å². The van der Waals surface area contributed by atoms with Crippen molar-refractivity contribution < 1.29 is 31.3 Å². The summed E-state index contributed by atoms with van der Waals surface area (Å²) in [7, 11) is -0.981. The van der Waals surface area contributed by atoms with Crippen LogP contribution in [0.3, 0.4) is 0 Å². The normalized spacial score (nSPS) is 11.6. The summed E-state index contributed by atoms with van der Waals surface area (Å²) in [6, 6.07) is 38.9. The number of rotatable bonds is 8. The Hall–Kier alpha value is -3.27. The number of nitrogens with one attached hydrogen (secondary N) is 1. The number of esters is 1. The van der Waals surface area contributed by atoms with Crippen molar-refractivity contribution in [3.63, 3.8) is 0 Å². The van der Waals surface area contributed by atoms with Crippen LogP contribution in [0.2, 0.25) is 0 Å². The maximum Gasteiger partial charge on any atom is 0.332 e. The molecule has 0 saturated heterocycles. The van der Waals surface area contributed by atoms with Crippen molar-refractivity contribution in [2.75, 3.05) is 13.3 Å². The summed E-state index contributed by atoms with van der Waals surface area (Å²) in [4.78, 5) is 26.1. The number of amides is 1. The molecule has 0 aliphatic heterocycles. The molecule has 6 heteroatoms. The zero-order valence-corrected chi connectivity index (χ0v) is 21.9. The fourth-order valence-corrected chi connectivity index (χ4v) is 8.60. The lowest BCUT2D eigenvalue weighted by Gasteiger charge is -2.30. The van der Waals surface area contributed by atoms with Gasteiger partial charge in [0, 0.05) is 5.56 Å². The molecular formula is C29H27BrNO3P. The Morgan fingerprint density at radius 1 is 0.686 bits per heavy atom. The molecule has 1 amide bonds. The lowest BCUT2D eigenvalue weighted by Crippen LogP contribution is -3.00. The van der Waals surface area contributed by atoms with Gasteiger partial charge in [0.25, 0.3) is 5.91 Å². The summed E-state index contributed by atoms with van der Waals surface area (Å²) in [5.74, 6) is -0.764. The molecule has 1 N–H and O–H groups in total. The monoisotopic (exact) mass is 547 g/mol. The number of carbonyl (C=O) groups is 2. The minimum absolute atomic E-state index is 0. The van der Waals surface area contributed by atoms with E-state index in [9.17, 15) is 9.59 Å².